The van der Waals surface area contributed by atoms with Gasteiger partial charge in [-0.15, -0.1) is 0 Å². The van der Waals surface area contributed by atoms with Gasteiger partial charge in [0.25, 0.3) is 0 Å². The summed E-state index contributed by atoms with van der Waals surface area (Å²) in [6, 6.07) is 0. The molecule has 1 N–H and O–H groups in total. The highest BCUT2D eigenvalue weighted by Crippen LogP contribution is 2.32. The predicted octanol–water partition coefficient (Wildman–Crippen LogP) is 1.82. The summed E-state index contributed by atoms with van der Waals surface area (Å²) in [5.74, 6) is 0. The quantitative estimate of drug-likeness (QED) is 0.682. The molecule has 0 rings (SSSR count). The van der Waals surface area contributed by atoms with Crippen LogP contribution in [0.4, 0.5) is 0 Å². The van der Waals surface area contributed by atoms with Gasteiger partial charge in [0.2, 0.25) is 0 Å². The van der Waals surface area contributed by atoms with Gasteiger partial charge in [-0.05, 0) is 19.3 Å². The Morgan fingerprint density at radius 3 is 1.82 bits per heavy atom. The Bertz CT molecular complexity index is 111. The minimum Gasteiger partial charge on any atom is -0.394 e. The van der Waals surface area contributed by atoms with Crippen molar-refractivity contribution in [2.45, 2.75) is 40.2 Å². The molecule has 0 spiro atoms. The molecule has 0 atom stereocenters. The summed E-state index contributed by atoms with van der Waals surface area (Å²) in [6.07, 6.45) is 0. The van der Waals surface area contributed by atoms with Crippen molar-refractivity contribution in [3.8, 4) is 0 Å². The third kappa shape index (κ3) is 3.21. The molecule has 0 bridgehead atoms. The Labute approximate surface area is 69.6 Å². The lowest BCUT2D eigenvalue weighted by molar-refractivity contribution is -0.0986. The standard InChI is InChI=1S/C9H20O2/c1-8(2,3)9(4,5)11-7-6-10/h10H,6-7H2,1-5H3. The summed E-state index contributed by atoms with van der Waals surface area (Å²) >= 11 is 0. The van der Waals surface area contributed by atoms with Gasteiger partial charge in [0.1, 0.15) is 0 Å². The Hall–Kier alpha value is -0.0800. The zero-order chi connectivity index (χ0) is 9.12. The maximum atomic E-state index is 8.57. The molecule has 2 heteroatoms. The van der Waals surface area contributed by atoms with Crippen molar-refractivity contribution in [1.82, 2.24) is 0 Å². The van der Waals surface area contributed by atoms with Crippen LogP contribution in [0.25, 0.3) is 0 Å². The molecule has 11 heavy (non-hydrogen) atoms. The molecule has 0 fully saturated rings. The Morgan fingerprint density at radius 2 is 1.55 bits per heavy atom. The first-order chi connectivity index (χ1) is 4.81. The molecule has 0 aliphatic heterocycles. The van der Waals surface area contributed by atoms with Crippen molar-refractivity contribution in [2.75, 3.05) is 13.2 Å². The van der Waals surface area contributed by atoms with Gasteiger partial charge in [0, 0.05) is 0 Å². The summed E-state index contributed by atoms with van der Waals surface area (Å²) in [6.45, 7) is 11.0. The normalized spacial score (nSPS) is 13.6. The molecule has 0 aromatic heterocycles. The molecule has 0 aromatic rings. The molecule has 0 unspecified atom stereocenters. The molecule has 0 radical (unpaired) electrons. The number of rotatable bonds is 3. The number of aliphatic hydroxyl groups excluding tert-OH is 1. The van der Waals surface area contributed by atoms with Crippen molar-refractivity contribution < 1.29 is 9.84 Å². The molecule has 0 aliphatic carbocycles. The zero-order valence-electron chi connectivity index (χ0n) is 8.27. The molecular formula is C9H20O2. The van der Waals surface area contributed by atoms with E-state index < -0.39 is 0 Å². The van der Waals surface area contributed by atoms with Crippen LogP contribution in [0.3, 0.4) is 0 Å². The van der Waals surface area contributed by atoms with Crippen LogP contribution in [-0.2, 0) is 4.74 Å². The molecule has 0 aromatic carbocycles. The van der Waals surface area contributed by atoms with E-state index in [1.165, 1.54) is 0 Å². The molecular weight excluding hydrogens is 140 g/mol. The van der Waals surface area contributed by atoms with Crippen LogP contribution in [0.15, 0.2) is 0 Å². The van der Waals surface area contributed by atoms with E-state index in [4.69, 9.17) is 9.84 Å². The smallest absolute Gasteiger partial charge is 0.0705 e. The Morgan fingerprint density at radius 1 is 1.09 bits per heavy atom. The zero-order valence-corrected chi connectivity index (χ0v) is 8.27. The van der Waals surface area contributed by atoms with E-state index in [0.717, 1.165) is 0 Å². The maximum absolute atomic E-state index is 8.57. The van der Waals surface area contributed by atoms with Crippen LogP contribution in [0.2, 0.25) is 0 Å². The molecule has 0 saturated carbocycles. The average molecular weight is 160 g/mol. The van der Waals surface area contributed by atoms with Crippen LogP contribution in [0.1, 0.15) is 34.6 Å². The topological polar surface area (TPSA) is 29.5 Å². The molecule has 2 nitrogen and oxygen atoms in total. The van der Waals surface area contributed by atoms with Gasteiger partial charge in [-0.25, -0.2) is 0 Å². The largest absolute Gasteiger partial charge is 0.394 e. The maximum Gasteiger partial charge on any atom is 0.0705 e. The first-order valence-corrected chi connectivity index (χ1v) is 4.06. The summed E-state index contributed by atoms with van der Waals surface area (Å²) in [7, 11) is 0. The number of ether oxygens (including phenoxy) is 1. The van der Waals surface area contributed by atoms with E-state index in [0.29, 0.717) is 6.61 Å². The van der Waals surface area contributed by atoms with E-state index in [1.807, 2.05) is 13.8 Å². The predicted molar refractivity (Wildman–Crippen MR) is 46.6 cm³/mol. The van der Waals surface area contributed by atoms with Gasteiger partial charge in [-0.3, -0.25) is 0 Å². The molecule has 0 amide bonds. The number of hydrogen-bond acceptors (Lipinski definition) is 2. The van der Waals surface area contributed by atoms with Gasteiger partial charge in [0.05, 0.1) is 18.8 Å². The second-order valence-electron chi connectivity index (χ2n) is 4.33. The van der Waals surface area contributed by atoms with Gasteiger partial charge in [0.15, 0.2) is 0 Å². The SMILES string of the molecule is CC(C)(C)C(C)(C)OCCO. The fourth-order valence-electron chi connectivity index (χ4n) is 0.517. The lowest BCUT2D eigenvalue weighted by atomic mass is 9.79. The van der Waals surface area contributed by atoms with E-state index >= 15 is 0 Å². The first kappa shape index (κ1) is 10.9. The summed E-state index contributed by atoms with van der Waals surface area (Å²) < 4.78 is 5.49. The van der Waals surface area contributed by atoms with Crippen LogP contribution in [0, 0.1) is 5.41 Å². The van der Waals surface area contributed by atoms with Crippen LogP contribution >= 0.6 is 0 Å². The van der Waals surface area contributed by atoms with Crippen molar-refractivity contribution in [3.63, 3.8) is 0 Å². The second kappa shape index (κ2) is 3.55. The molecule has 0 heterocycles. The second-order valence-corrected chi connectivity index (χ2v) is 4.33. The van der Waals surface area contributed by atoms with Gasteiger partial charge in [-0.1, -0.05) is 20.8 Å². The highest BCUT2D eigenvalue weighted by Gasteiger charge is 2.33. The van der Waals surface area contributed by atoms with E-state index in [1.54, 1.807) is 0 Å². The van der Waals surface area contributed by atoms with Crippen molar-refractivity contribution in [3.05, 3.63) is 0 Å². The van der Waals surface area contributed by atoms with E-state index in [9.17, 15) is 0 Å². The minimum absolute atomic E-state index is 0.0967. The van der Waals surface area contributed by atoms with Crippen molar-refractivity contribution in [2.24, 2.45) is 5.41 Å². The number of hydrogen-bond donors (Lipinski definition) is 1. The van der Waals surface area contributed by atoms with Gasteiger partial charge in [-0.2, -0.15) is 0 Å². The molecule has 0 saturated heterocycles. The lowest BCUT2D eigenvalue weighted by Crippen LogP contribution is -2.40. The minimum atomic E-state index is -0.171. The highest BCUT2D eigenvalue weighted by molar-refractivity contribution is 4.83. The van der Waals surface area contributed by atoms with Crippen LogP contribution in [0.5, 0.6) is 0 Å². The Kier molecular flexibility index (Phi) is 3.52. The van der Waals surface area contributed by atoms with E-state index in [2.05, 4.69) is 20.8 Å². The van der Waals surface area contributed by atoms with E-state index in [-0.39, 0.29) is 17.6 Å². The van der Waals surface area contributed by atoms with Gasteiger partial charge < -0.3 is 9.84 Å². The number of aliphatic hydroxyl groups is 1. The Balaban J connectivity index is 4.00. The van der Waals surface area contributed by atoms with Crippen molar-refractivity contribution in [1.29, 1.82) is 0 Å². The molecule has 68 valence electrons. The van der Waals surface area contributed by atoms with Crippen LogP contribution in [-0.4, -0.2) is 23.9 Å². The monoisotopic (exact) mass is 160 g/mol. The first-order valence-electron chi connectivity index (χ1n) is 4.06. The van der Waals surface area contributed by atoms with Crippen LogP contribution < -0.4 is 0 Å². The summed E-state index contributed by atoms with van der Waals surface area (Å²) in [5.41, 5.74) is -0.0576. The summed E-state index contributed by atoms with van der Waals surface area (Å²) in [4.78, 5) is 0. The van der Waals surface area contributed by atoms with Gasteiger partial charge >= 0.3 is 0 Å². The summed E-state index contributed by atoms with van der Waals surface area (Å²) in [5, 5.41) is 8.57. The molecule has 0 aliphatic rings. The fourth-order valence-corrected chi connectivity index (χ4v) is 0.517. The average Bonchev–Trinajstić information content (AvgIpc) is 1.81. The fraction of sp³-hybridized carbons (Fsp3) is 1.00. The highest BCUT2D eigenvalue weighted by atomic mass is 16.5. The van der Waals surface area contributed by atoms with Crippen molar-refractivity contribution >= 4 is 0 Å². The lowest BCUT2D eigenvalue weighted by Gasteiger charge is -2.38. The third-order valence-electron chi connectivity index (χ3n) is 2.36. The third-order valence-corrected chi connectivity index (χ3v) is 2.36.